The molecule has 0 spiro atoms. The number of aliphatic hydroxyl groups excluding tert-OH is 1. The van der Waals surface area contributed by atoms with E-state index in [2.05, 4.69) is 25.6 Å². The van der Waals surface area contributed by atoms with Crippen molar-refractivity contribution in [3.8, 4) is 0 Å². The normalized spacial score (nSPS) is 21.7. The molecule has 0 bridgehead atoms. The molecule has 2 aromatic rings. The van der Waals surface area contributed by atoms with Crippen LogP contribution in [0.5, 0.6) is 0 Å². The minimum absolute atomic E-state index is 0.154. The quantitative estimate of drug-likeness (QED) is 0.622. The highest BCUT2D eigenvalue weighted by atomic mass is 16.5. The van der Waals surface area contributed by atoms with E-state index in [1.54, 1.807) is 30.6 Å². The number of hydrogen-bond acceptors (Lipinski definition) is 7. The van der Waals surface area contributed by atoms with Crippen LogP contribution in [0.4, 0.5) is 0 Å². The molecule has 3 N–H and O–H groups in total. The van der Waals surface area contributed by atoms with E-state index in [0.717, 1.165) is 5.69 Å². The molecule has 1 aliphatic heterocycles. The molecule has 9 nitrogen and oxygen atoms in total. The van der Waals surface area contributed by atoms with Gasteiger partial charge in [0.05, 0.1) is 43.0 Å². The molecule has 0 aromatic carbocycles. The van der Waals surface area contributed by atoms with Gasteiger partial charge in [-0.2, -0.15) is 0 Å². The van der Waals surface area contributed by atoms with E-state index in [1.807, 2.05) is 0 Å². The molecular formula is C19H23N5O4. The van der Waals surface area contributed by atoms with Crippen LogP contribution < -0.4 is 10.6 Å². The molecule has 2 aromatic heterocycles. The third-order valence-corrected chi connectivity index (χ3v) is 4.56. The van der Waals surface area contributed by atoms with E-state index in [4.69, 9.17) is 4.74 Å². The Labute approximate surface area is 162 Å². The van der Waals surface area contributed by atoms with Crippen molar-refractivity contribution in [3.63, 3.8) is 0 Å². The van der Waals surface area contributed by atoms with Gasteiger partial charge in [0.1, 0.15) is 12.4 Å². The number of nitrogens with zero attached hydrogens (tertiary/aromatic N) is 3. The summed E-state index contributed by atoms with van der Waals surface area (Å²) in [7, 11) is 0. The maximum atomic E-state index is 12.3. The molecule has 148 valence electrons. The number of ether oxygens (including phenoxy) is 1. The van der Waals surface area contributed by atoms with E-state index < -0.39 is 6.10 Å². The molecule has 9 heteroatoms. The molecule has 1 aliphatic rings. The van der Waals surface area contributed by atoms with E-state index in [0.29, 0.717) is 24.9 Å². The van der Waals surface area contributed by atoms with Gasteiger partial charge in [0, 0.05) is 18.6 Å². The average Bonchev–Trinajstić information content (AvgIpc) is 2.74. The lowest BCUT2D eigenvalue weighted by molar-refractivity contribution is -0.131. The Morgan fingerprint density at radius 1 is 1.21 bits per heavy atom. The fraction of sp³-hybridized carbons (Fsp3) is 0.421. The number of hydrogen-bond donors (Lipinski definition) is 3. The summed E-state index contributed by atoms with van der Waals surface area (Å²) in [5.41, 5.74) is 1.17. The number of aromatic nitrogens is 3. The van der Waals surface area contributed by atoms with Gasteiger partial charge in [-0.15, -0.1) is 0 Å². The summed E-state index contributed by atoms with van der Waals surface area (Å²) in [6, 6.07) is 4.77. The molecule has 0 aliphatic carbocycles. The standard InChI is InChI=1S/C19H23N5O4/c25-11-17-16(24-19(27)13-2-1-6-20-9-13)4-3-15(28-17)8-18(26)22-10-14-5-7-21-12-23-14/h1-2,5-7,9,12,15-17,25H,3-4,8,10-11H2,(H,22,26)(H,24,27)/t15-,16-,17+/m1/s1. The Hall–Kier alpha value is -2.91. The second-order valence-corrected chi connectivity index (χ2v) is 6.56. The van der Waals surface area contributed by atoms with Crippen LogP contribution in [0.2, 0.25) is 0 Å². The lowest BCUT2D eigenvalue weighted by Gasteiger charge is -2.36. The van der Waals surface area contributed by atoms with Crippen LogP contribution in [-0.4, -0.2) is 56.7 Å². The summed E-state index contributed by atoms with van der Waals surface area (Å²) in [5.74, 6) is -0.417. The number of aliphatic hydroxyl groups is 1. The van der Waals surface area contributed by atoms with E-state index in [-0.39, 0.29) is 37.0 Å². The highest BCUT2D eigenvalue weighted by Gasteiger charge is 2.33. The number of carbonyl (C=O) groups is 2. The lowest BCUT2D eigenvalue weighted by atomic mass is 9.96. The van der Waals surface area contributed by atoms with Gasteiger partial charge in [0.15, 0.2) is 0 Å². The zero-order valence-corrected chi connectivity index (χ0v) is 15.3. The Bertz CT molecular complexity index is 774. The zero-order chi connectivity index (χ0) is 19.8. The molecule has 1 fully saturated rings. The second kappa shape index (κ2) is 9.86. The zero-order valence-electron chi connectivity index (χ0n) is 15.3. The molecular weight excluding hydrogens is 362 g/mol. The first-order valence-corrected chi connectivity index (χ1v) is 9.14. The molecule has 3 atom stereocenters. The fourth-order valence-electron chi connectivity index (χ4n) is 3.09. The number of rotatable bonds is 7. The smallest absolute Gasteiger partial charge is 0.253 e. The van der Waals surface area contributed by atoms with Gasteiger partial charge in [-0.05, 0) is 31.0 Å². The topological polar surface area (TPSA) is 126 Å². The van der Waals surface area contributed by atoms with Crippen molar-refractivity contribution in [3.05, 3.63) is 54.4 Å². The Morgan fingerprint density at radius 3 is 2.82 bits per heavy atom. The van der Waals surface area contributed by atoms with Gasteiger partial charge < -0.3 is 20.5 Å². The number of nitrogens with one attached hydrogen (secondary N) is 2. The van der Waals surface area contributed by atoms with Crippen LogP contribution in [0.1, 0.15) is 35.3 Å². The first-order valence-electron chi connectivity index (χ1n) is 9.14. The van der Waals surface area contributed by atoms with Gasteiger partial charge in [-0.3, -0.25) is 14.6 Å². The van der Waals surface area contributed by atoms with Crippen LogP contribution in [0.15, 0.2) is 43.1 Å². The highest BCUT2D eigenvalue weighted by Crippen LogP contribution is 2.22. The fourth-order valence-corrected chi connectivity index (χ4v) is 3.09. The monoisotopic (exact) mass is 385 g/mol. The largest absolute Gasteiger partial charge is 0.394 e. The molecule has 3 heterocycles. The Balaban J connectivity index is 1.47. The maximum absolute atomic E-state index is 12.3. The molecule has 0 unspecified atom stereocenters. The maximum Gasteiger partial charge on any atom is 0.253 e. The van der Waals surface area contributed by atoms with Crippen molar-refractivity contribution in [2.45, 2.75) is 44.1 Å². The number of pyridine rings is 1. The van der Waals surface area contributed by atoms with Gasteiger partial charge >= 0.3 is 0 Å². The Morgan fingerprint density at radius 2 is 2.11 bits per heavy atom. The summed E-state index contributed by atoms with van der Waals surface area (Å²) in [4.78, 5) is 36.2. The predicted octanol–water partition coefficient (Wildman–Crippen LogP) is 0.216. The number of amides is 2. The molecule has 0 radical (unpaired) electrons. The summed E-state index contributed by atoms with van der Waals surface area (Å²) in [6.07, 6.45) is 6.65. The van der Waals surface area contributed by atoms with Crippen molar-refractivity contribution in [2.24, 2.45) is 0 Å². The van der Waals surface area contributed by atoms with Crippen LogP contribution in [0.25, 0.3) is 0 Å². The van der Waals surface area contributed by atoms with E-state index >= 15 is 0 Å². The lowest BCUT2D eigenvalue weighted by Crippen LogP contribution is -2.51. The summed E-state index contributed by atoms with van der Waals surface area (Å²) in [6.45, 7) is 0.0817. The first-order chi connectivity index (χ1) is 13.7. The van der Waals surface area contributed by atoms with Gasteiger partial charge in [0.25, 0.3) is 5.91 Å². The molecule has 1 saturated heterocycles. The predicted molar refractivity (Wildman–Crippen MR) is 99.0 cm³/mol. The van der Waals surface area contributed by atoms with Crippen LogP contribution >= 0.6 is 0 Å². The van der Waals surface area contributed by atoms with Crippen molar-refractivity contribution in [1.29, 1.82) is 0 Å². The molecule has 2 amide bonds. The van der Waals surface area contributed by atoms with Crippen molar-refractivity contribution >= 4 is 11.8 Å². The van der Waals surface area contributed by atoms with Crippen molar-refractivity contribution < 1.29 is 19.4 Å². The van der Waals surface area contributed by atoms with Gasteiger partial charge in [-0.1, -0.05) is 0 Å². The average molecular weight is 385 g/mol. The van der Waals surface area contributed by atoms with Gasteiger partial charge in [-0.25, -0.2) is 9.97 Å². The number of carbonyl (C=O) groups excluding carboxylic acids is 2. The third-order valence-electron chi connectivity index (χ3n) is 4.56. The minimum atomic E-state index is -0.561. The summed E-state index contributed by atoms with van der Waals surface area (Å²) in [5, 5.41) is 15.3. The van der Waals surface area contributed by atoms with Gasteiger partial charge in [0.2, 0.25) is 5.91 Å². The van der Waals surface area contributed by atoms with Crippen molar-refractivity contribution in [1.82, 2.24) is 25.6 Å². The minimum Gasteiger partial charge on any atom is -0.394 e. The molecule has 0 saturated carbocycles. The molecule has 28 heavy (non-hydrogen) atoms. The van der Waals surface area contributed by atoms with Crippen LogP contribution in [-0.2, 0) is 16.1 Å². The van der Waals surface area contributed by atoms with E-state index in [1.165, 1.54) is 12.5 Å². The summed E-state index contributed by atoms with van der Waals surface area (Å²) >= 11 is 0. The van der Waals surface area contributed by atoms with Crippen molar-refractivity contribution in [2.75, 3.05) is 6.61 Å². The molecule has 3 rings (SSSR count). The second-order valence-electron chi connectivity index (χ2n) is 6.56. The highest BCUT2D eigenvalue weighted by molar-refractivity contribution is 5.94. The van der Waals surface area contributed by atoms with E-state index in [9.17, 15) is 14.7 Å². The van der Waals surface area contributed by atoms with Crippen LogP contribution in [0.3, 0.4) is 0 Å². The third kappa shape index (κ3) is 5.54. The summed E-state index contributed by atoms with van der Waals surface area (Å²) < 4.78 is 5.84. The van der Waals surface area contributed by atoms with Crippen LogP contribution in [0, 0.1) is 0 Å². The first kappa shape index (κ1) is 19.8. The SMILES string of the molecule is O=C(C[C@H]1CC[C@@H](NC(=O)c2cccnc2)[C@H](CO)O1)NCc1ccncn1. The Kier molecular flexibility index (Phi) is 6.99.